The van der Waals surface area contributed by atoms with Crippen LogP contribution in [-0.2, 0) is 23.0 Å². The first kappa shape index (κ1) is 17.2. The fourth-order valence-corrected chi connectivity index (χ4v) is 4.12. The maximum Gasteiger partial charge on any atom is 0.236 e. The average Bonchev–Trinajstić information content (AvgIpc) is 2.82. The number of nitrogens with zero attached hydrogens (tertiary/aromatic N) is 2. The fraction of sp³-hybridized carbons (Fsp3) is 0.211. The summed E-state index contributed by atoms with van der Waals surface area (Å²) in [6.07, 6.45) is 0.597. The number of nitrogens with one attached hydrogen (secondary N) is 1. The van der Waals surface area contributed by atoms with Crippen molar-refractivity contribution in [1.29, 1.82) is 5.26 Å². The zero-order valence-corrected chi connectivity index (χ0v) is 14.5. The Bertz CT molecular complexity index is 917. The Hall–Kier alpha value is -2.62. The molecular weight excluding hydrogens is 334 g/mol. The van der Waals surface area contributed by atoms with E-state index in [2.05, 4.69) is 18.0 Å². The number of hydrogen-bond acceptors (Lipinski definition) is 4. The van der Waals surface area contributed by atoms with Gasteiger partial charge in [-0.05, 0) is 35.7 Å². The normalized spacial score (nSPS) is 17.6. The quantitative estimate of drug-likeness (QED) is 0.917. The minimum absolute atomic E-state index is 0.212. The van der Waals surface area contributed by atoms with Crippen LogP contribution < -0.4 is 5.32 Å². The van der Waals surface area contributed by atoms with E-state index in [4.69, 9.17) is 5.26 Å². The zero-order chi connectivity index (χ0) is 17.9. The Morgan fingerprint density at radius 2 is 2.04 bits per heavy atom. The highest BCUT2D eigenvalue weighted by Crippen LogP contribution is 2.27. The van der Waals surface area contributed by atoms with Crippen LogP contribution in [0, 0.1) is 11.3 Å². The molecule has 5 nitrogen and oxygen atoms in total. The van der Waals surface area contributed by atoms with Crippen LogP contribution in [0.5, 0.6) is 0 Å². The first-order chi connectivity index (χ1) is 12.0. The van der Waals surface area contributed by atoms with Gasteiger partial charge in [0.15, 0.2) is 0 Å². The first-order valence-corrected chi connectivity index (χ1v) is 9.49. The van der Waals surface area contributed by atoms with Crippen molar-refractivity contribution < 1.29 is 8.42 Å². The molecule has 0 bridgehead atoms. The molecule has 0 spiro atoms. The summed E-state index contributed by atoms with van der Waals surface area (Å²) in [7, 11) is -3.60. The van der Waals surface area contributed by atoms with E-state index >= 15 is 0 Å². The lowest BCUT2D eigenvalue weighted by Crippen LogP contribution is -2.42. The van der Waals surface area contributed by atoms with E-state index < -0.39 is 10.0 Å². The van der Waals surface area contributed by atoms with Gasteiger partial charge in [-0.15, -0.1) is 0 Å². The van der Waals surface area contributed by atoms with Gasteiger partial charge in [0.05, 0.1) is 11.6 Å². The predicted octanol–water partition coefficient (Wildman–Crippen LogP) is 2.87. The molecule has 0 unspecified atom stereocenters. The molecule has 0 saturated carbocycles. The molecule has 1 aliphatic rings. The molecule has 2 aromatic carbocycles. The third-order valence-corrected chi connectivity index (χ3v) is 5.85. The van der Waals surface area contributed by atoms with Crippen molar-refractivity contribution in [3.63, 3.8) is 0 Å². The first-order valence-electron chi connectivity index (χ1n) is 7.98. The average molecular weight is 353 g/mol. The smallest absolute Gasteiger partial charge is 0.236 e. The number of anilines is 1. The summed E-state index contributed by atoms with van der Waals surface area (Å²) < 4.78 is 26.6. The molecular formula is C19H19N3O2S. The molecule has 25 heavy (non-hydrogen) atoms. The standard InChI is InChI=1S/C19H19N3O2S/c1-2-25(23,24)22-14-17-10-16(12-20)8-9-19(17)21-13-18(22)11-15-6-4-3-5-7-15/h2-10,18,21H,1,11,13-14H2/t18-/m1/s1. The van der Waals surface area contributed by atoms with E-state index in [0.717, 1.165) is 22.2 Å². The van der Waals surface area contributed by atoms with Crippen molar-refractivity contribution in [3.8, 4) is 6.07 Å². The van der Waals surface area contributed by atoms with Crippen LogP contribution in [0.2, 0.25) is 0 Å². The Morgan fingerprint density at radius 3 is 2.72 bits per heavy atom. The molecule has 0 fully saturated rings. The lowest BCUT2D eigenvalue weighted by atomic mass is 10.1. The second-order valence-corrected chi connectivity index (χ2v) is 7.80. The Balaban J connectivity index is 1.98. The van der Waals surface area contributed by atoms with Gasteiger partial charge in [0, 0.05) is 30.2 Å². The molecule has 0 saturated heterocycles. The Kier molecular flexibility index (Phi) is 4.88. The fourth-order valence-electron chi connectivity index (χ4n) is 3.05. The maximum atomic E-state index is 12.6. The lowest BCUT2D eigenvalue weighted by molar-refractivity contribution is 0.330. The molecule has 1 atom stereocenters. The molecule has 0 aromatic heterocycles. The van der Waals surface area contributed by atoms with Gasteiger partial charge in [-0.2, -0.15) is 9.57 Å². The summed E-state index contributed by atoms with van der Waals surface area (Å²) in [6, 6.07) is 17.0. The van der Waals surface area contributed by atoms with Crippen LogP contribution in [-0.4, -0.2) is 25.3 Å². The monoisotopic (exact) mass is 353 g/mol. The summed E-state index contributed by atoms with van der Waals surface area (Å²) in [4.78, 5) is 0. The summed E-state index contributed by atoms with van der Waals surface area (Å²) in [5.41, 5.74) is 3.24. The van der Waals surface area contributed by atoms with E-state index in [1.165, 1.54) is 4.31 Å². The van der Waals surface area contributed by atoms with Crippen LogP contribution in [0.25, 0.3) is 0 Å². The molecule has 0 radical (unpaired) electrons. The van der Waals surface area contributed by atoms with Gasteiger partial charge >= 0.3 is 0 Å². The third-order valence-electron chi connectivity index (χ3n) is 4.35. The highest BCUT2D eigenvalue weighted by molar-refractivity contribution is 7.92. The molecule has 3 rings (SSSR count). The minimum atomic E-state index is -3.60. The van der Waals surface area contributed by atoms with Crippen molar-refractivity contribution in [2.75, 3.05) is 11.9 Å². The molecule has 0 amide bonds. The SMILES string of the molecule is C=CS(=O)(=O)N1Cc2cc(C#N)ccc2NC[C@H]1Cc1ccccc1. The largest absolute Gasteiger partial charge is 0.383 e. The number of fused-ring (bicyclic) bond motifs is 1. The highest BCUT2D eigenvalue weighted by atomic mass is 32.2. The van der Waals surface area contributed by atoms with Gasteiger partial charge in [-0.3, -0.25) is 0 Å². The number of benzene rings is 2. The van der Waals surface area contributed by atoms with E-state index in [0.29, 0.717) is 18.5 Å². The zero-order valence-electron chi connectivity index (χ0n) is 13.7. The number of sulfonamides is 1. The second-order valence-electron chi connectivity index (χ2n) is 5.97. The van der Waals surface area contributed by atoms with Gasteiger partial charge in [-0.1, -0.05) is 36.9 Å². The molecule has 1 N–H and O–H groups in total. The Morgan fingerprint density at radius 1 is 1.28 bits per heavy atom. The van der Waals surface area contributed by atoms with Gasteiger partial charge < -0.3 is 5.32 Å². The van der Waals surface area contributed by atoms with Gasteiger partial charge in [0.25, 0.3) is 0 Å². The van der Waals surface area contributed by atoms with Gasteiger partial charge in [0.2, 0.25) is 10.0 Å². The van der Waals surface area contributed by atoms with Crippen molar-refractivity contribution in [1.82, 2.24) is 4.31 Å². The van der Waals surface area contributed by atoms with E-state index in [9.17, 15) is 8.42 Å². The lowest BCUT2D eigenvalue weighted by Gasteiger charge is -2.27. The topological polar surface area (TPSA) is 73.2 Å². The minimum Gasteiger partial charge on any atom is -0.383 e. The van der Waals surface area contributed by atoms with Crippen LogP contribution in [0.1, 0.15) is 16.7 Å². The molecule has 6 heteroatoms. The van der Waals surface area contributed by atoms with E-state index in [1.807, 2.05) is 36.4 Å². The second kappa shape index (κ2) is 7.09. The van der Waals surface area contributed by atoms with Crippen molar-refractivity contribution >= 4 is 15.7 Å². The summed E-state index contributed by atoms with van der Waals surface area (Å²) in [5, 5.41) is 13.4. The molecule has 1 heterocycles. The van der Waals surface area contributed by atoms with Crippen molar-refractivity contribution in [2.24, 2.45) is 0 Å². The molecule has 2 aromatic rings. The Labute approximate surface area is 148 Å². The summed E-state index contributed by atoms with van der Waals surface area (Å²) in [5.74, 6) is 0. The number of hydrogen-bond donors (Lipinski definition) is 1. The van der Waals surface area contributed by atoms with Crippen LogP contribution in [0.15, 0.2) is 60.5 Å². The highest BCUT2D eigenvalue weighted by Gasteiger charge is 2.31. The van der Waals surface area contributed by atoms with E-state index in [-0.39, 0.29) is 12.6 Å². The predicted molar refractivity (Wildman–Crippen MR) is 98.2 cm³/mol. The van der Waals surface area contributed by atoms with Crippen molar-refractivity contribution in [2.45, 2.75) is 19.0 Å². The molecule has 0 aliphatic carbocycles. The number of nitriles is 1. The van der Waals surface area contributed by atoms with Crippen molar-refractivity contribution in [3.05, 3.63) is 77.2 Å². The van der Waals surface area contributed by atoms with Crippen LogP contribution in [0.3, 0.4) is 0 Å². The van der Waals surface area contributed by atoms with Crippen LogP contribution in [0.4, 0.5) is 5.69 Å². The molecule has 128 valence electrons. The van der Waals surface area contributed by atoms with E-state index in [1.54, 1.807) is 12.1 Å². The summed E-state index contributed by atoms with van der Waals surface area (Å²) in [6.45, 7) is 4.17. The number of rotatable bonds is 4. The summed E-state index contributed by atoms with van der Waals surface area (Å²) >= 11 is 0. The van der Waals surface area contributed by atoms with Gasteiger partial charge in [-0.25, -0.2) is 8.42 Å². The van der Waals surface area contributed by atoms with Crippen LogP contribution >= 0.6 is 0 Å². The van der Waals surface area contributed by atoms with Gasteiger partial charge in [0.1, 0.15) is 0 Å². The molecule has 1 aliphatic heterocycles. The third kappa shape index (κ3) is 3.73. The maximum absolute atomic E-state index is 12.6.